The van der Waals surface area contributed by atoms with Crippen molar-refractivity contribution in [2.24, 2.45) is 0 Å². The highest BCUT2D eigenvalue weighted by Gasteiger charge is 2.24. The van der Waals surface area contributed by atoms with E-state index in [1.807, 2.05) is 0 Å². The van der Waals surface area contributed by atoms with Crippen LogP contribution in [-0.4, -0.2) is 54.1 Å². The lowest BCUT2D eigenvalue weighted by Gasteiger charge is -2.38. The van der Waals surface area contributed by atoms with E-state index in [2.05, 4.69) is 13.8 Å². The monoisotopic (exact) mass is 218 g/mol. The number of aliphatic hydroxyl groups is 2. The molecule has 0 saturated heterocycles. The Balaban J connectivity index is 4.26. The molecule has 0 rings (SSSR count). The normalized spacial score (nSPS) is 12.0. The van der Waals surface area contributed by atoms with Crippen molar-refractivity contribution in [3.63, 3.8) is 0 Å². The van der Waals surface area contributed by atoms with Crippen LogP contribution in [0.25, 0.3) is 0 Å². The molecule has 0 unspecified atom stereocenters. The second-order valence-electron chi connectivity index (χ2n) is 4.39. The topological polar surface area (TPSA) is 40.5 Å². The lowest BCUT2D eigenvalue weighted by atomic mass is 10.2. The van der Waals surface area contributed by atoms with Crippen LogP contribution in [0.15, 0.2) is 0 Å². The van der Waals surface area contributed by atoms with Gasteiger partial charge < -0.3 is 14.7 Å². The zero-order valence-electron chi connectivity index (χ0n) is 10.4. The van der Waals surface area contributed by atoms with Gasteiger partial charge in [-0.2, -0.15) is 0 Å². The van der Waals surface area contributed by atoms with Crippen LogP contribution in [0.5, 0.6) is 0 Å². The fourth-order valence-electron chi connectivity index (χ4n) is 2.08. The lowest BCUT2D eigenvalue weighted by Crippen LogP contribution is -2.52. The van der Waals surface area contributed by atoms with Crippen LogP contribution in [0.1, 0.15) is 39.5 Å². The van der Waals surface area contributed by atoms with Gasteiger partial charge in [-0.15, -0.1) is 0 Å². The Hall–Kier alpha value is -0.120. The van der Waals surface area contributed by atoms with Gasteiger partial charge in [-0.05, 0) is 12.8 Å². The molecule has 0 aromatic heterocycles. The Morgan fingerprint density at radius 2 is 1.13 bits per heavy atom. The highest BCUT2D eigenvalue weighted by molar-refractivity contribution is 4.47. The fourth-order valence-corrected chi connectivity index (χ4v) is 2.08. The number of nitrogens with zero attached hydrogens (tertiary/aromatic N) is 1. The van der Waals surface area contributed by atoms with E-state index in [4.69, 9.17) is 10.2 Å². The molecule has 0 atom stereocenters. The molecule has 0 aliphatic rings. The minimum atomic E-state index is 0.230. The van der Waals surface area contributed by atoms with Crippen molar-refractivity contribution in [2.75, 3.05) is 39.4 Å². The first-order chi connectivity index (χ1) is 7.24. The van der Waals surface area contributed by atoms with Crippen molar-refractivity contribution in [1.29, 1.82) is 0 Å². The molecule has 0 amide bonds. The molecule has 0 bridgehead atoms. The zero-order valence-corrected chi connectivity index (χ0v) is 10.4. The molecule has 0 saturated carbocycles. The molecule has 15 heavy (non-hydrogen) atoms. The smallest absolute Gasteiger partial charge is 0.102 e. The van der Waals surface area contributed by atoms with E-state index in [-0.39, 0.29) is 13.2 Å². The third kappa shape index (κ3) is 6.13. The summed E-state index contributed by atoms with van der Waals surface area (Å²) in [5.74, 6) is 0. The van der Waals surface area contributed by atoms with Gasteiger partial charge in [-0.3, -0.25) is 0 Å². The molecule has 3 nitrogen and oxygen atoms in total. The first-order valence-electron chi connectivity index (χ1n) is 6.31. The van der Waals surface area contributed by atoms with E-state index in [0.29, 0.717) is 0 Å². The van der Waals surface area contributed by atoms with Crippen LogP contribution >= 0.6 is 0 Å². The van der Waals surface area contributed by atoms with Crippen LogP contribution in [0.3, 0.4) is 0 Å². The third-order valence-corrected chi connectivity index (χ3v) is 3.12. The summed E-state index contributed by atoms with van der Waals surface area (Å²) < 4.78 is 0.898. The van der Waals surface area contributed by atoms with Gasteiger partial charge >= 0.3 is 0 Å². The molecule has 0 aliphatic heterocycles. The van der Waals surface area contributed by atoms with Crippen molar-refractivity contribution in [3.05, 3.63) is 0 Å². The summed E-state index contributed by atoms with van der Waals surface area (Å²) in [5, 5.41) is 18.3. The van der Waals surface area contributed by atoms with Crippen molar-refractivity contribution >= 4 is 0 Å². The minimum Gasteiger partial charge on any atom is -0.391 e. The Bertz CT molecular complexity index is 124. The molecule has 0 aromatic rings. The average Bonchev–Trinajstić information content (AvgIpc) is 2.24. The van der Waals surface area contributed by atoms with Gasteiger partial charge in [0.15, 0.2) is 0 Å². The lowest BCUT2D eigenvalue weighted by molar-refractivity contribution is -0.929. The maximum atomic E-state index is 9.13. The van der Waals surface area contributed by atoms with Crippen LogP contribution in [-0.2, 0) is 0 Å². The van der Waals surface area contributed by atoms with E-state index in [0.717, 1.165) is 30.7 Å². The van der Waals surface area contributed by atoms with Gasteiger partial charge in [-0.1, -0.05) is 26.7 Å². The highest BCUT2D eigenvalue weighted by atomic mass is 16.3. The largest absolute Gasteiger partial charge is 0.391 e. The van der Waals surface area contributed by atoms with E-state index in [1.165, 1.54) is 25.7 Å². The van der Waals surface area contributed by atoms with Crippen molar-refractivity contribution < 1.29 is 14.7 Å². The summed E-state index contributed by atoms with van der Waals surface area (Å²) in [4.78, 5) is 0. The molecule has 3 heteroatoms. The van der Waals surface area contributed by atoms with Crippen LogP contribution in [0.4, 0.5) is 0 Å². The van der Waals surface area contributed by atoms with Gasteiger partial charge in [0, 0.05) is 0 Å². The van der Waals surface area contributed by atoms with Crippen molar-refractivity contribution in [2.45, 2.75) is 39.5 Å². The summed E-state index contributed by atoms with van der Waals surface area (Å²) >= 11 is 0. The molecule has 0 fully saturated rings. The number of hydrogen-bond donors (Lipinski definition) is 2. The quantitative estimate of drug-likeness (QED) is 0.544. The molecule has 0 radical (unpaired) electrons. The fraction of sp³-hybridized carbons (Fsp3) is 1.00. The third-order valence-electron chi connectivity index (χ3n) is 3.12. The molecule has 0 aliphatic carbocycles. The summed E-state index contributed by atoms with van der Waals surface area (Å²) in [6.45, 7) is 8.61. The Kier molecular flexibility index (Phi) is 9.06. The first-order valence-corrected chi connectivity index (χ1v) is 6.31. The standard InChI is InChI=1S/C12H28NO2/c1-3-5-7-13(9-11-14,10-12-15)8-6-4-2/h14-15H,3-12H2,1-2H3/q+1. The number of rotatable bonds is 10. The number of unbranched alkanes of at least 4 members (excludes halogenated alkanes) is 2. The molecule has 0 heterocycles. The molecule has 92 valence electrons. The molecular weight excluding hydrogens is 190 g/mol. The second kappa shape index (κ2) is 9.13. The van der Waals surface area contributed by atoms with Crippen molar-refractivity contribution in [3.8, 4) is 0 Å². The van der Waals surface area contributed by atoms with Crippen LogP contribution in [0.2, 0.25) is 0 Å². The Morgan fingerprint density at radius 1 is 0.733 bits per heavy atom. The summed E-state index contributed by atoms with van der Waals surface area (Å²) in [7, 11) is 0. The molecule has 0 spiro atoms. The van der Waals surface area contributed by atoms with Gasteiger partial charge in [0.2, 0.25) is 0 Å². The summed E-state index contributed by atoms with van der Waals surface area (Å²) in [6.07, 6.45) is 4.74. The van der Waals surface area contributed by atoms with E-state index in [1.54, 1.807) is 0 Å². The van der Waals surface area contributed by atoms with Crippen LogP contribution < -0.4 is 0 Å². The number of hydrogen-bond acceptors (Lipinski definition) is 2. The number of aliphatic hydroxyl groups excluding tert-OH is 2. The van der Waals surface area contributed by atoms with Gasteiger partial charge in [0.05, 0.1) is 26.3 Å². The predicted molar refractivity (Wildman–Crippen MR) is 63.7 cm³/mol. The molecule has 0 aromatic carbocycles. The maximum Gasteiger partial charge on any atom is 0.102 e. The summed E-state index contributed by atoms with van der Waals surface area (Å²) in [6, 6.07) is 0. The van der Waals surface area contributed by atoms with E-state index >= 15 is 0 Å². The molecule has 2 N–H and O–H groups in total. The summed E-state index contributed by atoms with van der Waals surface area (Å²) in [5.41, 5.74) is 0. The number of quaternary nitrogens is 1. The SMILES string of the molecule is CCCC[N+](CCO)(CCO)CCCC. The Labute approximate surface area is 94.3 Å². The highest BCUT2D eigenvalue weighted by Crippen LogP contribution is 2.11. The second-order valence-corrected chi connectivity index (χ2v) is 4.39. The molecular formula is C12H28NO2+. The minimum absolute atomic E-state index is 0.230. The van der Waals surface area contributed by atoms with Gasteiger partial charge in [0.25, 0.3) is 0 Å². The van der Waals surface area contributed by atoms with E-state index < -0.39 is 0 Å². The Morgan fingerprint density at radius 3 is 1.40 bits per heavy atom. The first kappa shape index (κ1) is 14.9. The predicted octanol–water partition coefficient (Wildman–Crippen LogP) is 1.39. The van der Waals surface area contributed by atoms with Gasteiger partial charge in [-0.25, -0.2) is 0 Å². The van der Waals surface area contributed by atoms with Gasteiger partial charge in [0.1, 0.15) is 13.1 Å². The van der Waals surface area contributed by atoms with E-state index in [9.17, 15) is 0 Å². The van der Waals surface area contributed by atoms with Crippen LogP contribution in [0, 0.1) is 0 Å². The average molecular weight is 218 g/mol. The maximum absolute atomic E-state index is 9.13. The van der Waals surface area contributed by atoms with Crippen molar-refractivity contribution in [1.82, 2.24) is 0 Å². The zero-order chi connectivity index (χ0) is 11.6.